The fraction of sp³-hybridized carbons (Fsp3) is 0.564. The van der Waals surface area contributed by atoms with Crippen molar-refractivity contribution in [2.45, 2.75) is 114 Å². The predicted octanol–water partition coefficient (Wildman–Crippen LogP) is 9.26. The second-order valence-electron chi connectivity index (χ2n) is 13.7. The van der Waals surface area contributed by atoms with E-state index < -0.39 is 11.9 Å². The molecule has 2 aromatic carbocycles. The lowest BCUT2D eigenvalue weighted by Crippen LogP contribution is -2.41. The molecule has 5 rings (SSSR count). The van der Waals surface area contributed by atoms with Crippen LogP contribution in [0.25, 0.3) is 0 Å². The number of unbranched alkanes of at least 4 members (excludes halogenated alkanes) is 3. The van der Waals surface area contributed by atoms with Gasteiger partial charge in [0.25, 0.3) is 0 Å². The predicted molar refractivity (Wildman–Crippen MR) is 174 cm³/mol. The van der Waals surface area contributed by atoms with Crippen molar-refractivity contribution < 1.29 is 20.1 Å². The van der Waals surface area contributed by atoms with Crippen LogP contribution in [-0.2, 0) is 16.6 Å². The van der Waals surface area contributed by atoms with Gasteiger partial charge in [0.15, 0.2) is 0 Å². The first-order valence-electron chi connectivity index (χ1n) is 17.0. The number of aliphatic hydroxyl groups is 1. The Balaban J connectivity index is 1.34. The van der Waals surface area contributed by atoms with Crippen molar-refractivity contribution in [2.24, 2.45) is 17.8 Å². The Kier molecular flexibility index (Phi) is 11.2. The van der Waals surface area contributed by atoms with Gasteiger partial charge in [-0.15, -0.1) is 0 Å². The molecule has 0 amide bonds. The van der Waals surface area contributed by atoms with Crippen molar-refractivity contribution >= 4 is 5.97 Å². The highest BCUT2D eigenvalue weighted by Crippen LogP contribution is 2.48. The third-order valence-corrected chi connectivity index (χ3v) is 10.9. The number of aliphatic carboxylic acids is 1. The van der Waals surface area contributed by atoms with E-state index in [1.165, 1.54) is 67.2 Å². The Morgan fingerprint density at radius 2 is 1.63 bits per heavy atom. The van der Waals surface area contributed by atoms with Crippen LogP contribution < -0.4 is 0 Å². The van der Waals surface area contributed by atoms with Gasteiger partial charge in [0.1, 0.15) is 5.75 Å². The molecule has 4 nitrogen and oxygen atoms in total. The maximum absolute atomic E-state index is 12.7. The van der Waals surface area contributed by atoms with Crippen molar-refractivity contribution in [2.75, 3.05) is 6.61 Å². The number of carbonyl (C=O) groups is 1. The van der Waals surface area contributed by atoms with Crippen molar-refractivity contribution in [1.29, 1.82) is 0 Å². The van der Waals surface area contributed by atoms with Crippen LogP contribution in [0.1, 0.15) is 119 Å². The molecule has 0 unspecified atom stereocenters. The molecular formula is C39H52O4. The molecule has 232 valence electrons. The summed E-state index contributed by atoms with van der Waals surface area (Å²) in [5, 5.41) is 29.9. The largest absolute Gasteiger partial charge is 0.508 e. The molecule has 2 bridgehead atoms. The summed E-state index contributed by atoms with van der Waals surface area (Å²) < 4.78 is 0. The lowest BCUT2D eigenvalue weighted by Gasteiger charge is -2.42. The Labute approximate surface area is 258 Å². The van der Waals surface area contributed by atoms with Gasteiger partial charge in [-0.2, -0.15) is 0 Å². The van der Waals surface area contributed by atoms with Crippen LogP contribution in [-0.4, -0.2) is 27.9 Å². The Morgan fingerprint density at radius 1 is 0.884 bits per heavy atom. The number of hydrogen-bond acceptors (Lipinski definition) is 3. The van der Waals surface area contributed by atoms with Gasteiger partial charge in [0, 0.05) is 5.41 Å². The van der Waals surface area contributed by atoms with E-state index in [0.717, 1.165) is 51.4 Å². The molecule has 0 heterocycles. The zero-order valence-electron chi connectivity index (χ0n) is 25.9. The molecule has 0 radical (unpaired) electrons. The first-order valence-corrected chi connectivity index (χ1v) is 17.0. The number of aliphatic hydroxyl groups excluding tert-OH is 1. The first-order chi connectivity index (χ1) is 21.0. The van der Waals surface area contributed by atoms with Gasteiger partial charge in [-0.3, -0.25) is 4.79 Å². The number of carboxylic acid groups (broad SMARTS) is 1. The summed E-state index contributed by atoms with van der Waals surface area (Å²) in [5.41, 5.74) is 4.71. The zero-order valence-corrected chi connectivity index (χ0v) is 25.9. The van der Waals surface area contributed by atoms with E-state index in [9.17, 15) is 20.1 Å². The molecule has 1 fully saturated rings. The van der Waals surface area contributed by atoms with E-state index in [1.54, 1.807) is 0 Å². The van der Waals surface area contributed by atoms with Gasteiger partial charge < -0.3 is 15.3 Å². The van der Waals surface area contributed by atoms with E-state index in [1.807, 2.05) is 12.1 Å². The number of rotatable bonds is 10. The minimum Gasteiger partial charge on any atom is -0.508 e. The quantitative estimate of drug-likeness (QED) is 0.192. The molecule has 3 aliphatic carbocycles. The van der Waals surface area contributed by atoms with Crippen LogP contribution >= 0.6 is 0 Å². The van der Waals surface area contributed by atoms with E-state index in [-0.39, 0.29) is 12.0 Å². The lowest BCUT2D eigenvalue weighted by atomic mass is 9.60. The Hall–Kier alpha value is -2.85. The number of phenols is 1. The number of allylic oxidation sites excluding steroid dienone is 3. The smallest absolute Gasteiger partial charge is 0.307 e. The summed E-state index contributed by atoms with van der Waals surface area (Å²) >= 11 is 0. The van der Waals surface area contributed by atoms with Crippen LogP contribution in [0, 0.1) is 17.8 Å². The van der Waals surface area contributed by atoms with E-state index in [0.29, 0.717) is 29.9 Å². The average molecular weight is 585 g/mol. The van der Waals surface area contributed by atoms with Gasteiger partial charge in [-0.25, -0.2) is 0 Å². The number of fused-ring (bicyclic) bond motifs is 3. The Bertz CT molecular complexity index is 1240. The highest BCUT2D eigenvalue weighted by atomic mass is 16.4. The SMILES string of the molecule is O=C(O)[C@@H]1CC=CC[C@H](CCCCCC[C@H]2C=C(CO)CC2)[C@@H](c2ccc(O)cc2)Cc2cccc(c2)C12CCCCC2. The van der Waals surface area contributed by atoms with Crippen LogP contribution in [0.15, 0.2) is 72.3 Å². The number of phenolic OH excluding ortho intramolecular Hbond substituents is 1. The fourth-order valence-electron chi connectivity index (χ4n) is 8.51. The van der Waals surface area contributed by atoms with Crippen LogP contribution in [0.5, 0.6) is 5.75 Å². The third-order valence-electron chi connectivity index (χ3n) is 10.9. The van der Waals surface area contributed by atoms with Gasteiger partial charge in [-0.05, 0) is 110 Å². The highest BCUT2D eigenvalue weighted by Gasteiger charge is 2.44. The molecule has 0 aliphatic heterocycles. The van der Waals surface area contributed by atoms with Crippen LogP contribution in [0.3, 0.4) is 0 Å². The van der Waals surface area contributed by atoms with Crippen molar-refractivity contribution in [3.63, 3.8) is 0 Å². The molecule has 1 spiro atoms. The van der Waals surface area contributed by atoms with Gasteiger partial charge in [-0.1, -0.05) is 99.6 Å². The molecule has 4 heteroatoms. The second-order valence-corrected chi connectivity index (χ2v) is 13.7. The van der Waals surface area contributed by atoms with Crippen LogP contribution in [0.2, 0.25) is 0 Å². The third kappa shape index (κ3) is 8.01. The van der Waals surface area contributed by atoms with Gasteiger partial charge in [0.2, 0.25) is 0 Å². The lowest BCUT2D eigenvalue weighted by molar-refractivity contribution is -0.145. The molecule has 3 aliphatic rings. The summed E-state index contributed by atoms with van der Waals surface area (Å²) in [4.78, 5) is 12.7. The first kappa shape index (κ1) is 31.6. The minimum absolute atomic E-state index is 0.219. The highest BCUT2D eigenvalue weighted by molar-refractivity contribution is 5.73. The standard InChI is InChI=1S/C39H52O4/c40-28-31-18-17-29(25-31)11-4-1-2-5-13-32-14-6-7-16-37(38(42)43)39(23-8-3-9-24-39)34-15-10-12-30(26-34)27-36(32)33-19-21-35(41)22-20-33/h6-7,10,12,15,19-22,25-26,29,32,36-37,40-41H,1-5,8-9,11,13-14,16-18,23-24,27-28H2,(H,42,43)/t29-,32+,36+,37+/m1/s1. The van der Waals surface area contributed by atoms with E-state index in [4.69, 9.17) is 0 Å². The Morgan fingerprint density at radius 3 is 2.35 bits per heavy atom. The number of aromatic hydroxyl groups is 1. The maximum Gasteiger partial charge on any atom is 0.307 e. The average Bonchev–Trinajstić information content (AvgIpc) is 3.49. The topological polar surface area (TPSA) is 77.8 Å². The maximum atomic E-state index is 12.7. The van der Waals surface area contributed by atoms with Crippen LogP contribution in [0.4, 0.5) is 0 Å². The molecule has 2 aromatic rings. The normalized spacial score (nSPS) is 25.6. The fourth-order valence-corrected chi connectivity index (χ4v) is 8.51. The summed E-state index contributed by atoms with van der Waals surface area (Å²) in [6.07, 6.45) is 24.0. The molecule has 1 saturated carbocycles. The molecule has 0 aromatic heterocycles. The van der Waals surface area contributed by atoms with Crippen molar-refractivity contribution in [1.82, 2.24) is 0 Å². The molecule has 0 saturated heterocycles. The number of carboxylic acids is 1. The van der Waals surface area contributed by atoms with Gasteiger partial charge in [0.05, 0.1) is 12.5 Å². The summed E-state index contributed by atoms with van der Waals surface area (Å²) in [6.45, 7) is 0.219. The molecule has 43 heavy (non-hydrogen) atoms. The summed E-state index contributed by atoms with van der Waals surface area (Å²) in [7, 11) is 0. The van der Waals surface area contributed by atoms with E-state index in [2.05, 4.69) is 54.6 Å². The number of hydrogen-bond donors (Lipinski definition) is 3. The zero-order chi connectivity index (χ0) is 30.1. The monoisotopic (exact) mass is 584 g/mol. The number of benzene rings is 2. The van der Waals surface area contributed by atoms with Gasteiger partial charge >= 0.3 is 5.97 Å². The van der Waals surface area contributed by atoms with Crippen molar-refractivity contribution in [3.8, 4) is 5.75 Å². The molecule has 3 N–H and O–H groups in total. The minimum atomic E-state index is -0.659. The second kappa shape index (κ2) is 15.2. The van der Waals surface area contributed by atoms with Crippen molar-refractivity contribution in [3.05, 3.63) is 89.0 Å². The summed E-state index contributed by atoms with van der Waals surface area (Å²) in [6, 6.07) is 16.8. The summed E-state index contributed by atoms with van der Waals surface area (Å²) in [5.74, 6) is 0.674. The molecular weight excluding hydrogens is 532 g/mol. The molecule has 4 atom stereocenters. The van der Waals surface area contributed by atoms with E-state index >= 15 is 0 Å².